The van der Waals surface area contributed by atoms with Gasteiger partial charge in [-0.2, -0.15) is 0 Å². The van der Waals surface area contributed by atoms with Gasteiger partial charge in [-0.3, -0.25) is 4.79 Å². The molecular formula is C21H17ClO. The average molecular weight is 321 g/mol. The standard InChI is InChI=1S/C21H17ClO/c22-20-12-8-17(9-13-20)15-21(23)14-16-6-10-19(11-7-16)18-4-2-1-3-5-18/h1-13H,14-15H2. The molecule has 0 aromatic heterocycles. The van der Waals surface area contributed by atoms with Crippen LogP contribution in [0.2, 0.25) is 5.02 Å². The average Bonchev–Trinajstić information content (AvgIpc) is 2.58. The first-order valence-electron chi connectivity index (χ1n) is 7.61. The van der Waals surface area contributed by atoms with E-state index in [1.165, 1.54) is 11.1 Å². The van der Waals surface area contributed by atoms with Gasteiger partial charge < -0.3 is 0 Å². The van der Waals surface area contributed by atoms with Gasteiger partial charge in [0.05, 0.1) is 0 Å². The molecule has 0 saturated carbocycles. The van der Waals surface area contributed by atoms with Crippen LogP contribution in [-0.4, -0.2) is 5.78 Å². The van der Waals surface area contributed by atoms with Gasteiger partial charge in [-0.15, -0.1) is 0 Å². The van der Waals surface area contributed by atoms with Crippen LogP contribution in [0, 0.1) is 0 Å². The van der Waals surface area contributed by atoms with Gasteiger partial charge in [0, 0.05) is 17.9 Å². The second-order valence-corrected chi connectivity index (χ2v) is 6.02. The zero-order valence-electron chi connectivity index (χ0n) is 12.7. The van der Waals surface area contributed by atoms with E-state index in [4.69, 9.17) is 11.6 Å². The van der Waals surface area contributed by atoms with Crippen molar-refractivity contribution in [3.63, 3.8) is 0 Å². The summed E-state index contributed by atoms with van der Waals surface area (Å²) in [6.07, 6.45) is 0.898. The Morgan fingerprint density at radius 3 is 1.70 bits per heavy atom. The quantitative estimate of drug-likeness (QED) is 0.618. The number of halogens is 1. The van der Waals surface area contributed by atoms with Gasteiger partial charge in [-0.05, 0) is 34.4 Å². The van der Waals surface area contributed by atoms with Crippen LogP contribution < -0.4 is 0 Å². The van der Waals surface area contributed by atoms with Crippen LogP contribution in [0.15, 0.2) is 78.9 Å². The molecule has 0 N–H and O–H groups in total. The summed E-state index contributed by atoms with van der Waals surface area (Å²) < 4.78 is 0. The fourth-order valence-corrected chi connectivity index (χ4v) is 2.69. The van der Waals surface area contributed by atoms with Crippen molar-refractivity contribution in [1.29, 1.82) is 0 Å². The monoisotopic (exact) mass is 320 g/mol. The zero-order valence-corrected chi connectivity index (χ0v) is 13.5. The lowest BCUT2D eigenvalue weighted by atomic mass is 10.00. The largest absolute Gasteiger partial charge is 0.299 e. The van der Waals surface area contributed by atoms with E-state index in [1.54, 1.807) is 0 Å². The van der Waals surface area contributed by atoms with Gasteiger partial charge in [0.2, 0.25) is 0 Å². The Bertz CT molecular complexity index is 774. The van der Waals surface area contributed by atoms with E-state index in [0.29, 0.717) is 17.9 Å². The number of benzene rings is 3. The lowest BCUT2D eigenvalue weighted by Crippen LogP contribution is -2.06. The number of hydrogen-bond donors (Lipinski definition) is 0. The minimum atomic E-state index is 0.208. The molecule has 0 unspecified atom stereocenters. The first-order valence-corrected chi connectivity index (χ1v) is 7.99. The molecule has 0 heterocycles. The van der Waals surface area contributed by atoms with Crippen LogP contribution in [0.3, 0.4) is 0 Å². The summed E-state index contributed by atoms with van der Waals surface area (Å²) in [5, 5.41) is 0.692. The van der Waals surface area contributed by atoms with Crippen LogP contribution >= 0.6 is 11.6 Å². The molecule has 3 rings (SSSR count). The molecule has 23 heavy (non-hydrogen) atoms. The normalized spacial score (nSPS) is 10.5. The Morgan fingerprint density at radius 2 is 1.13 bits per heavy atom. The summed E-state index contributed by atoms with van der Waals surface area (Å²) >= 11 is 5.86. The highest BCUT2D eigenvalue weighted by molar-refractivity contribution is 6.30. The summed E-state index contributed by atoms with van der Waals surface area (Å²) in [5.41, 5.74) is 4.40. The molecule has 1 nitrogen and oxygen atoms in total. The minimum absolute atomic E-state index is 0.208. The third-order valence-electron chi connectivity index (χ3n) is 3.78. The van der Waals surface area contributed by atoms with E-state index in [1.807, 2.05) is 54.6 Å². The molecule has 0 bridgehead atoms. The number of carbonyl (C=O) groups is 1. The van der Waals surface area contributed by atoms with Gasteiger partial charge in [-0.25, -0.2) is 0 Å². The molecule has 2 heteroatoms. The highest BCUT2D eigenvalue weighted by atomic mass is 35.5. The van der Waals surface area contributed by atoms with Crippen LogP contribution in [0.5, 0.6) is 0 Å². The van der Waals surface area contributed by atoms with Crippen molar-refractivity contribution in [1.82, 2.24) is 0 Å². The minimum Gasteiger partial charge on any atom is -0.299 e. The van der Waals surface area contributed by atoms with Crippen molar-refractivity contribution in [3.05, 3.63) is 95.0 Å². The zero-order chi connectivity index (χ0) is 16.1. The Morgan fingerprint density at radius 1 is 0.652 bits per heavy atom. The molecular weight excluding hydrogens is 304 g/mol. The van der Waals surface area contributed by atoms with Crippen molar-refractivity contribution in [2.75, 3.05) is 0 Å². The van der Waals surface area contributed by atoms with E-state index in [2.05, 4.69) is 24.3 Å². The molecule has 0 aliphatic rings. The van der Waals surface area contributed by atoms with Gasteiger partial charge in [0.1, 0.15) is 5.78 Å². The van der Waals surface area contributed by atoms with Crippen molar-refractivity contribution in [2.24, 2.45) is 0 Å². The van der Waals surface area contributed by atoms with Crippen molar-refractivity contribution < 1.29 is 4.79 Å². The molecule has 0 aliphatic heterocycles. The van der Waals surface area contributed by atoms with Gasteiger partial charge in [-0.1, -0.05) is 78.3 Å². The Balaban J connectivity index is 1.64. The van der Waals surface area contributed by atoms with Crippen LogP contribution in [-0.2, 0) is 17.6 Å². The summed E-state index contributed by atoms with van der Waals surface area (Å²) in [4.78, 5) is 12.2. The Labute approximate surface area is 141 Å². The molecule has 0 atom stereocenters. The number of ketones is 1. The molecule has 0 radical (unpaired) electrons. The van der Waals surface area contributed by atoms with Crippen molar-refractivity contribution in [2.45, 2.75) is 12.8 Å². The van der Waals surface area contributed by atoms with Crippen LogP contribution in [0.1, 0.15) is 11.1 Å². The first-order chi connectivity index (χ1) is 11.2. The lowest BCUT2D eigenvalue weighted by molar-refractivity contribution is -0.117. The topological polar surface area (TPSA) is 17.1 Å². The first kappa shape index (κ1) is 15.5. The molecule has 114 valence electrons. The molecule has 3 aromatic carbocycles. The maximum absolute atomic E-state index is 12.2. The summed E-state index contributed by atoms with van der Waals surface area (Å²) in [7, 11) is 0. The molecule has 0 aliphatic carbocycles. The molecule has 0 fully saturated rings. The summed E-state index contributed by atoms with van der Waals surface area (Å²) in [6, 6.07) is 25.9. The Hall–Kier alpha value is -2.38. The molecule has 0 saturated heterocycles. The van der Waals surface area contributed by atoms with E-state index < -0.39 is 0 Å². The van der Waals surface area contributed by atoms with Crippen LogP contribution in [0.25, 0.3) is 11.1 Å². The van der Waals surface area contributed by atoms with Crippen molar-refractivity contribution in [3.8, 4) is 11.1 Å². The molecule has 0 amide bonds. The van der Waals surface area contributed by atoms with E-state index in [0.717, 1.165) is 11.1 Å². The second kappa shape index (κ2) is 7.26. The van der Waals surface area contributed by atoms with Crippen LogP contribution in [0.4, 0.5) is 0 Å². The predicted molar refractivity (Wildman–Crippen MR) is 95.7 cm³/mol. The highest BCUT2D eigenvalue weighted by Crippen LogP contribution is 2.19. The van der Waals surface area contributed by atoms with E-state index in [-0.39, 0.29) is 5.78 Å². The third kappa shape index (κ3) is 4.30. The number of Topliss-reactive ketones (excluding diaryl/α,β-unsaturated/α-hetero) is 1. The highest BCUT2D eigenvalue weighted by Gasteiger charge is 2.06. The van der Waals surface area contributed by atoms with E-state index in [9.17, 15) is 4.79 Å². The number of hydrogen-bond acceptors (Lipinski definition) is 1. The fourth-order valence-electron chi connectivity index (χ4n) is 2.57. The number of carbonyl (C=O) groups excluding carboxylic acids is 1. The summed E-state index contributed by atoms with van der Waals surface area (Å²) in [5.74, 6) is 0.208. The molecule has 3 aromatic rings. The maximum atomic E-state index is 12.2. The smallest absolute Gasteiger partial charge is 0.141 e. The second-order valence-electron chi connectivity index (χ2n) is 5.58. The van der Waals surface area contributed by atoms with Gasteiger partial charge >= 0.3 is 0 Å². The Kier molecular flexibility index (Phi) is 4.89. The predicted octanol–water partition coefficient (Wildman–Crippen LogP) is 5.36. The van der Waals surface area contributed by atoms with Gasteiger partial charge in [0.25, 0.3) is 0 Å². The maximum Gasteiger partial charge on any atom is 0.141 e. The third-order valence-corrected chi connectivity index (χ3v) is 4.03. The SMILES string of the molecule is O=C(Cc1ccc(Cl)cc1)Cc1ccc(-c2ccccc2)cc1. The summed E-state index contributed by atoms with van der Waals surface area (Å²) in [6.45, 7) is 0. The lowest BCUT2D eigenvalue weighted by Gasteiger charge is -2.05. The number of rotatable bonds is 5. The fraction of sp³-hybridized carbons (Fsp3) is 0.0952. The van der Waals surface area contributed by atoms with Crippen molar-refractivity contribution >= 4 is 17.4 Å². The molecule has 0 spiro atoms. The van der Waals surface area contributed by atoms with E-state index >= 15 is 0 Å². The van der Waals surface area contributed by atoms with Gasteiger partial charge in [0.15, 0.2) is 0 Å².